The fraction of sp³-hybridized carbons (Fsp3) is 0.111. The molecule has 2 heterocycles. The predicted molar refractivity (Wildman–Crippen MR) is 91.5 cm³/mol. The third kappa shape index (κ3) is 2.41. The molecule has 2 aromatic heterocycles. The van der Waals surface area contributed by atoms with E-state index in [-0.39, 0.29) is 0 Å². The Morgan fingerprint density at radius 1 is 1.04 bits per heavy atom. The van der Waals surface area contributed by atoms with Gasteiger partial charge in [-0.3, -0.25) is 0 Å². The summed E-state index contributed by atoms with van der Waals surface area (Å²) in [4.78, 5) is 4.62. The van der Waals surface area contributed by atoms with Crippen molar-refractivity contribution in [3.05, 3.63) is 64.8 Å². The monoisotopic (exact) mass is 323 g/mol. The van der Waals surface area contributed by atoms with Crippen molar-refractivity contribution < 1.29 is 4.74 Å². The fourth-order valence-electron chi connectivity index (χ4n) is 2.62. The highest BCUT2D eigenvalue weighted by Gasteiger charge is 2.12. The van der Waals surface area contributed by atoms with Gasteiger partial charge in [0.25, 0.3) is 0 Å². The summed E-state index contributed by atoms with van der Waals surface area (Å²) in [6.07, 6.45) is 0. The Morgan fingerprint density at radius 2 is 1.87 bits per heavy atom. The molecule has 0 aliphatic rings. The Labute approximate surface area is 138 Å². The summed E-state index contributed by atoms with van der Waals surface area (Å²) in [5.74, 6) is 1.28. The van der Waals surface area contributed by atoms with Crippen LogP contribution in [0.2, 0.25) is 5.02 Å². The number of hydrogen-bond acceptors (Lipinski definition) is 3. The Bertz CT molecular complexity index is 1040. The number of nitrogens with zero attached hydrogens (tertiary/aromatic N) is 3. The Morgan fingerprint density at radius 3 is 2.70 bits per heavy atom. The van der Waals surface area contributed by atoms with E-state index in [0.717, 1.165) is 32.8 Å². The quantitative estimate of drug-likeness (QED) is 0.524. The zero-order valence-electron chi connectivity index (χ0n) is 12.7. The Hall–Kier alpha value is -2.59. The van der Waals surface area contributed by atoms with Crippen LogP contribution in [-0.2, 0) is 0 Å². The van der Waals surface area contributed by atoms with Crippen LogP contribution in [0.1, 0.15) is 11.3 Å². The second kappa shape index (κ2) is 5.25. The Balaban J connectivity index is 1.92. The lowest BCUT2D eigenvalue weighted by Gasteiger charge is -2.10. The molecule has 4 nitrogen and oxygen atoms in total. The maximum atomic E-state index is 6.08. The molecule has 0 amide bonds. The largest absolute Gasteiger partial charge is 0.438 e. The van der Waals surface area contributed by atoms with Gasteiger partial charge in [-0.05, 0) is 49.7 Å². The molecule has 0 N–H and O–H groups in total. The van der Waals surface area contributed by atoms with Gasteiger partial charge < -0.3 is 4.74 Å². The number of ether oxygens (including phenoxy) is 1. The molecular weight excluding hydrogens is 310 g/mol. The van der Waals surface area contributed by atoms with E-state index in [1.165, 1.54) is 0 Å². The van der Waals surface area contributed by atoms with Crippen molar-refractivity contribution in [1.29, 1.82) is 0 Å². The molecule has 0 fully saturated rings. The summed E-state index contributed by atoms with van der Waals surface area (Å²) >= 11 is 6.08. The van der Waals surface area contributed by atoms with Gasteiger partial charge in [0, 0.05) is 11.1 Å². The van der Waals surface area contributed by atoms with Gasteiger partial charge in [0.1, 0.15) is 5.75 Å². The smallest absolute Gasteiger partial charge is 0.230 e. The van der Waals surface area contributed by atoms with Crippen molar-refractivity contribution >= 4 is 28.2 Å². The standard InChI is InChI=1S/C18H14ClN3O/c1-11-9-13(7-8-15(11)19)23-18-14-5-3-4-6-16(14)22-17(20-18)10-12(2)21-22/h3-10H,1-2H3. The van der Waals surface area contributed by atoms with Gasteiger partial charge in [0.15, 0.2) is 5.65 Å². The van der Waals surface area contributed by atoms with Gasteiger partial charge >= 0.3 is 0 Å². The van der Waals surface area contributed by atoms with Gasteiger partial charge in [-0.25, -0.2) is 4.52 Å². The van der Waals surface area contributed by atoms with E-state index in [2.05, 4.69) is 10.1 Å². The molecule has 2 aromatic carbocycles. The summed E-state index contributed by atoms with van der Waals surface area (Å²) in [5.41, 5.74) is 3.62. The average molecular weight is 324 g/mol. The van der Waals surface area contributed by atoms with Crippen LogP contribution in [0.3, 0.4) is 0 Å². The average Bonchev–Trinajstić information content (AvgIpc) is 2.92. The van der Waals surface area contributed by atoms with Crippen LogP contribution in [0.25, 0.3) is 16.6 Å². The fourth-order valence-corrected chi connectivity index (χ4v) is 2.73. The van der Waals surface area contributed by atoms with Crippen molar-refractivity contribution in [2.24, 2.45) is 0 Å². The van der Waals surface area contributed by atoms with Crippen LogP contribution in [0, 0.1) is 13.8 Å². The van der Waals surface area contributed by atoms with E-state index >= 15 is 0 Å². The second-order valence-electron chi connectivity index (χ2n) is 5.50. The van der Waals surface area contributed by atoms with Crippen molar-refractivity contribution in [3.8, 4) is 11.6 Å². The van der Waals surface area contributed by atoms with Gasteiger partial charge in [0.2, 0.25) is 5.88 Å². The summed E-state index contributed by atoms with van der Waals surface area (Å²) in [5, 5.41) is 6.13. The molecule has 4 rings (SSSR count). The maximum absolute atomic E-state index is 6.08. The molecule has 0 saturated carbocycles. The molecule has 5 heteroatoms. The van der Waals surface area contributed by atoms with Crippen molar-refractivity contribution in [2.45, 2.75) is 13.8 Å². The normalized spacial score (nSPS) is 11.3. The first-order valence-corrected chi connectivity index (χ1v) is 7.69. The highest BCUT2D eigenvalue weighted by atomic mass is 35.5. The highest BCUT2D eigenvalue weighted by Crippen LogP contribution is 2.30. The summed E-state index contributed by atoms with van der Waals surface area (Å²) in [6.45, 7) is 3.90. The maximum Gasteiger partial charge on any atom is 0.230 e. The van der Waals surface area contributed by atoms with Crippen LogP contribution in [0.4, 0.5) is 0 Å². The van der Waals surface area contributed by atoms with Crippen molar-refractivity contribution in [2.75, 3.05) is 0 Å². The first kappa shape index (κ1) is 14.0. The molecule has 0 radical (unpaired) electrons. The first-order chi connectivity index (χ1) is 11.1. The molecule has 0 saturated heterocycles. The minimum Gasteiger partial charge on any atom is -0.438 e. The zero-order chi connectivity index (χ0) is 16.0. The number of benzene rings is 2. The number of para-hydroxylation sites is 1. The number of hydrogen-bond donors (Lipinski definition) is 0. The van der Waals surface area contributed by atoms with E-state index in [4.69, 9.17) is 16.3 Å². The lowest BCUT2D eigenvalue weighted by atomic mass is 10.2. The molecular formula is C18H14ClN3O. The molecule has 0 aliphatic carbocycles. The van der Waals surface area contributed by atoms with Gasteiger partial charge in [-0.2, -0.15) is 10.1 Å². The van der Waals surface area contributed by atoms with E-state index in [1.807, 2.05) is 66.9 Å². The molecule has 0 aliphatic heterocycles. The third-order valence-corrected chi connectivity index (χ3v) is 4.16. The van der Waals surface area contributed by atoms with Crippen LogP contribution in [0.15, 0.2) is 48.5 Å². The van der Waals surface area contributed by atoms with Crippen LogP contribution < -0.4 is 4.74 Å². The van der Waals surface area contributed by atoms with E-state index < -0.39 is 0 Å². The molecule has 0 atom stereocenters. The summed E-state index contributed by atoms with van der Waals surface area (Å²) < 4.78 is 7.87. The summed E-state index contributed by atoms with van der Waals surface area (Å²) in [6, 6.07) is 15.5. The molecule has 23 heavy (non-hydrogen) atoms. The van der Waals surface area contributed by atoms with Crippen molar-refractivity contribution in [3.63, 3.8) is 0 Å². The van der Waals surface area contributed by atoms with Gasteiger partial charge in [-0.1, -0.05) is 23.7 Å². The minimum absolute atomic E-state index is 0.565. The topological polar surface area (TPSA) is 39.4 Å². The lowest BCUT2D eigenvalue weighted by molar-refractivity contribution is 0.469. The van der Waals surface area contributed by atoms with E-state index in [1.54, 1.807) is 0 Å². The molecule has 114 valence electrons. The van der Waals surface area contributed by atoms with Crippen LogP contribution in [0.5, 0.6) is 11.6 Å². The number of aromatic nitrogens is 3. The molecule has 4 aromatic rings. The second-order valence-corrected chi connectivity index (χ2v) is 5.91. The SMILES string of the molecule is Cc1cc2nc(Oc3ccc(Cl)c(C)c3)c3ccccc3n2n1. The van der Waals surface area contributed by atoms with Gasteiger partial charge in [0.05, 0.1) is 16.6 Å². The number of fused-ring (bicyclic) bond motifs is 3. The highest BCUT2D eigenvalue weighted by molar-refractivity contribution is 6.31. The van der Waals surface area contributed by atoms with Crippen molar-refractivity contribution in [1.82, 2.24) is 14.6 Å². The van der Waals surface area contributed by atoms with Crippen LogP contribution >= 0.6 is 11.6 Å². The van der Waals surface area contributed by atoms with E-state index in [9.17, 15) is 0 Å². The van der Waals surface area contributed by atoms with Crippen LogP contribution in [-0.4, -0.2) is 14.6 Å². The zero-order valence-corrected chi connectivity index (χ0v) is 13.5. The van der Waals surface area contributed by atoms with Gasteiger partial charge in [-0.15, -0.1) is 0 Å². The molecule has 0 bridgehead atoms. The number of rotatable bonds is 2. The Kier molecular flexibility index (Phi) is 3.20. The predicted octanol–water partition coefficient (Wildman–Crippen LogP) is 4.95. The lowest BCUT2D eigenvalue weighted by Crippen LogP contribution is -1.97. The number of halogens is 1. The minimum atomic E-state index is 0.565. The number of aryl methyl sites for hydroxylation is 2. The third-order valence-electron chi connectivity index (χ3n) is 3.74. The summed E-state index contributed by atoms with van der Waals surface area (Å²) in [7, 11) is 0. The first-order valence-electron chi connectivity index (χ1n) is 7.31. The molecule has 0 unspecified atom stereocenters. The van der Waals surface area contributed by atoms with E-state index in [0.29, 0.717) is 11.6 Å². The molecule has 0 spiro atoms.